The molecule has 1 saturated carbocycles. The number of ether oxygens (including phenoxy) is 1. The zero-order valence-electron chi connectivity index (χ0n) is 7.54. The summed E-state index contributed by atoms with van der Waals surface area (Å²) in [7, 11) is 0. The van der Waals surface area contributed by atoms with Gasteiger partial charge >= 0.3 is 0 Å². The number of carbonyl (C=O) groups is 1. The quantitative estimate of drug-likeness (QED) is 0.598. The van der Waals surface area contributed by atoms with E-state index in [0.717, 1.165) is 0 Å². The third kappa shape index (κ3) is 1.19. The molecule has 1 aliphatic heterocycles. The van der Waals surface area contributed by atoms with Crippen molar-refractivity contribution in [1.82, 2.24) is 5.32 Å². The fourth-order valence-corrected chi connectivity index (χ4v) is 1.87. The summed E-state index contributed by atoms with van der Waals surface area (Å²) in [6.07, 6.45) is 1.49. The normalized spacial score (nSPS) is 37.2. The van der Waals surface area contributed by atoms with Gasteiger partial charge in [-0.3, -0.25) is 10.1 Å². The minimum Gasteiger partial charge on any atom is -0.378 e. The van der Waals surface area contributed by atoms with Crippen LogP contribution in [0.5, 0.6) is 0 Å². The fourth-order valence-electron chi connectivity index (χ4n) is 1.87. The number of aliphatic imine (C=N–C) groups is 1. The molecule has 1 heterocycles. The predicted octanol–water partition coefficient (Wildman–Crippen LogP) is -0.631. The van der Waals surface area contributed by atoms with Crippen LogP contribution in [0.25, 0.3) is 0 Å². The third-order valence-electron chi connectivity index (χ3n) is 2.53. The van der Waals surface area contributed by atoms with Crippen molar-refractivity contribution in [2.24, 2.45) is 10.7 Å². The maximum Gasteiger partial charge on any atom is 0.254 e. The van der Waals surface area contributed by atoms with E-state index in [9.17, 15) is 4.79 Å². The molecule has 1 spiro atoms. The number of hydrogen-bond donors (Lipinski definition) is 2. The van der Waals surface area contributed by atoms with Gasteiger partial charge in [-0.1, -0.05) is 0 Å². The highest BCUT2D eigenvalue weighted by atomic mass is 16.5. The lowest BCUT2D eigenvalue weighted by molar-refractivity contribution is -0.133. The molecule has 0 unspecified atom stereocenters. The first-order valence-corrected chi connectivity index (χ1v) is 4.45. The van der Waals surface area contributed by atoms with E-state index >= 15 is 0 Å². The van der Waals surface area contributed by atoms with E-state index in [-0.39, 0.29) is 18.0 Å². The Morgan fingerprint density at radius 2 is 2.46 bits per heavy atom. The van der Waals surface area contributed by atoms with Crippen molar-refractivity contribution < 1.29 is 9.53 Å². The van der Waals surface area contributed by atoms with Crippen molar-refractivity contribution in [1.29, 1.82) is 0 Å². The molecule has 1 amide bonds. The number of nitrogens with one attached hydrogen (secondary N) is 1. The summed E-state index contributed by atoms with van der Waals surface area (Å²) in [6, 6.07) is 0. The van der Waals surface area contributed by atoms with Gasteiger partial charge in [0.15, 0.2) is 5.96 Å². The molecule has 0 aromatic heterocycles. The van der Waals surface area contributed by atoms with Crippen LogP contribution in [0.3, 0.4) is 0 Å². The zero-order valence-corrected chi connectivity index (χ0v) is 7.54. The van der Waals surface area contributed by atoms with Gasteiger partial charge in [-0.25, -0.2) is 4.99 Å². The second kappa shape index (κ2) is 2.70. The molecule has 3 N–H and O–H groups in total. The summed E-state index contributed by atoms with van der Waals surface area (Å²) < 4.78 is 5.36. The van der Waals surface area contributed by atoms with Crippen LogP contribution in [0, 0.1) is 0 Å². The van der Waals surface area contributed by atoms with Gasteiger partial charge in [-0.2, -0.15) is 0 Å². The molecule has 0 radical (unpaired) electrons. The highest BCUT2D eigenvalue weighted by Gasteiger charge is 2.53. The maximum atomic E-state index is 11.4. The molecule has 2 rings (SSSR count). The molecule has 13 heavy (non-hydrogen) atoms. The average Bonchev–Trinajstić information content (AvgIpc) is 2.26. The molecule has 1 fully saturated rings. The van der Waals surface area contributed by atoms with E-state index in [0.29, 0.717) is 19.4 Å². The van der Waals surface area contributed by atoms with E-state index in [2.05, 4.69) is 10.3 Å². The summed E-state index contributed by atoms with van der Waals surface area (Å²) >= 11 is 0. The van der Waals surface area contributed by atoms with E-state index in [4.69, 9.17) is 10.5 Å². The number of nitrogens with two attached hydrogens (primary N) is 1. The Kier molecular flexibility index (Phi) is 1.76. The first-order chi connectivity index (χ1) is 6.16. The van der Waals surface area contributed by atoms with Crippen LogP contribution < -0.4 is 11.1 Å². The number of carbonyl (C=O) groups excluding carboxylic acids is 1. The topological polar surface area (TPSA) is 76.7 Å². The highest BCUT2D eigenvalue weighted by molar-refractivity contribution is 6.07. The monoisotopic (exact) mass is 183 g/mol. The third-order valence-corrected chi connectivity index (χ3v) is 2.53. The van der Waals surface area contributed by atoms with E-state index < -0.39 is 5.54 Å². The molecular formula is C8H13N3O2. The Morgan fingerprint density at radius 1 is 1.77 bits per heavy atom. The smallest absolute Gasteiger partial charge is 0.254 e. The van der Waals surface area contributed by atoms with E-state index in [1.807, 2.05) is 6.92 Å². The summed E-state index contributed by atoms with van der Waals surface area (Å²) in [6.45, 7) is 2.62. The number of rotatable bonds is 2. The second-order valence-corrected chi connectivity index (χ2v) is 3.47. The fraction of sp³-hybridized carbons (Fsp3) is 0.750. The SMILES string of the molecule is CCOC1CC2(C1)N=C(N)NC2=O. The van der Waals surface area contributed by atoms with Gasteiger partial charge in [0.25, 0.3) is 5.91 Å². The molecule has 0 aromatic rings. The molecule has 1 aliphatic carbocycles. The van der Waals surface area contributed by atoms with Crippen molar-refractivity contribution in [2.45, 2.75) is 31.4 Å². The molecule has 5 nitrogen and oxygen atoms in total. The molecule has 0 saturated heterocycles. The first-order valence-electron chi connectivity index (χ1n) is 4.45. The Balaban J connectivity index is 1.99. The molecular weight excluding hydrogens is 170 g/mol. The molecule has 2 aliphatic rings. The maximum absolute atomic E-state index is 11.4. The standard InChI is InChI=1S/C8H13N3O2/c1-2-13-5-3-8(4-5)6(12)10-7(9)11-8/h5H,2-4H2,1H3,(H3,9,10,11,12). The van der Waals surface area contributed by atoms with E-state index in [1.165, 1.54) is 0 Å². The minimum atomic E-state index is -0.593. The largest absolute Gasteiger partial charge is 0.378 e. The number of amides is 1. The lowest BCUT2D eigenvalue weighted by Gasteiger charge is -2.39. The minimum absolute atomic E-state index is 0.0825. The first kappa shape index (κ1) is 8.50. The van der Waals surface area contributed by atoms with Gasteiger partial charge in [0.1, 0.15) is 5.54 Å². The average molecular weight is 183 g/mol. The Hall–Kier alpha value is -1.10. The number of hydrogen-bond acceptors (Lipinski definition) is 4. The number of nitrogens with zero attached hydrogens (tertiary/aromatic N) is 1. The van der Waals surface area contributed by atoms with Gasteiger partial charge in [-0.05, 0) is 6.92 Å². The summed E-state index contributed by atoms with van der Waals surface area (Å²) in [5.74, 6) is 0.154. The van der Waals surface area contributed by atoms with Crippen LogP contribution in [0.15, 0.2) is 4.99 Å². The predicted molar refractivity (Wildman–Crippen MR) is 47.1 cm³/mol. The van der Waals surface area contributed by atoms with Crippen LogP contribution in [-0.2, 0) is 9.53 Å². The molecule has 0 bridgehead atoms. The highest BCUT2D eigenvalue weighted by Crippen LogP contribution is 2.39. The Morgan fingerprint density at radius 3 is 2.92 bits per heavy atom. The van der Waals surface area contributed by atoms with Crippen molar-refractivity contribution in [3.63, 3.8) is 0 Å². The molecule has 72 valence electrons. The Labute approximate surface area is 76.3 Å². The van der Waals surface area contributed by atoms with Crippen molar-refractivity contribution in [2.75, 3.05) is 6.61 Å². The zero-order chi connectivity index (χ0) is 9.47. The van der Waals surface area contributed by atoms with Crippen molar-refractivity contribution in [3.05, 3.63) is 0 Å². The van der Waals surface area contributed by atoms with Crippen LogP contribution in [0.4, 0.5) is 0 Å². The van der Waals surface area contributed by atoms with Gasteiger partial charge in [-0.15, -0.1) is 0 Å². The summed E-state index contributed by atoms with van der Waals surface area (Å²) in [5, 5.41) is 2.51. The molecule has 0 aromatic carbocycles. The van der Waals surface area contributed by atoms with Gasteiger partial charge in [0.05, 0.1) is 6.10 Å². The van der Waals surface area contributed by atoms with E-state index in [1.54, 1.807) is 0 Å². The van der Waals surface area contributed by atoms with Crippen LogP contribution in [-0.4, -0.2) is 30.1 Å². The van der Waals surface area contributed by atoms with Gasteiger partial charge < -0.3 is 10.5 Å². The van der Waals surface area contributed by atoms with Crippen LogP contribution >= 0.6 is 0 Å². The Bertz CT molecular complexity index is 269. The second-order valence-electron chi connectivity index (χ2n) is 3.47. The van der Waals surface area contributed by atoms with Crippen molar-refractivity contribution in [3.8, 4) is 0 Å². The lowest BCUT2D eigenvalue weighted by Crippen LogP contribution is -2.53. The van der Waals surface area contributed by atoms with Gasteiger partial charge in [0, 0.05) is 19.4 Å². The molecule has 0 atom stereocenters. The molecule has 5 heteroatoms. The van der Waals surface area contributed by atoms with Crippen LogP contribution in [0.2, 0.25) is 0 Å². The van der Waals surface area contributed by atoms with Gasteiger partial charge in [0.2, 0.25) is 0 Å². The summed E-state index contributed by atoms with van der Waals surface area (Å²) in [5.41, 5.74) is 4.81. The lowest BCUT2D eigenvalue weighted by atomic mass is 9.74. The van der Waals surface area contributed by atoms with Crippen LogP contribution in [0.1, 0.15) is 19.8 Å². The number of guanidine groups is 1. The summed E-state index contributed by atoms with van der Waals surface area (Å²) in [4.78, 5) is 15.5. The van der Waals surface area contributed by atoms with Crippen molar-refractivity contribution >= 4 is 11.9 Å².